The van der Waals surface area contributed by atoms with Gasteiger partial charge in [-0.25, -0.2) is 0 Å². The van der Waals surface area contributed by atoms with Crippen molar-refractivity contribution in [2.45, 2.75) is 32.0 Å². The maximum absolute atomic E-state index is 11.6. The van der Waals surface area contributed by atoms with Crippen molar-refractivity contribution in [2.75, 3.05) is 5.32 Å². The number of hydrogen-bond acceptors (Lipinski definition) is 3. The third-order valence-electron chi connectivity index (χ3n) is 2.29. The van der Waals surface area contributed by atoms with Crippen LogP contribution in [-0.2, 0) is 9.53 Å². The summed E-state index contributed by atoms with van der Waals surface area (Å²) in [5.41, 5.74) is 0.679. The highest BCUT2D eigenvalue weighted by atomic mass is 16.5. The number of aromatic amines is 1. The van der Waals surface area contributed by atoms with E-state index in [0.717, 1.165) is 12.8 Å². The Kier molecular flexibility index (Phi) is 2.49. The predicted octanol–water partition coefficient (Wildman–Crippen LogP) is 0.916. The number of amides is 1. The van der Waals surface area contributed by atoms with Gasteiger partial charge >= 0.3 is 0 Å². The van der Waals surface area contributed by atoms with Crippen LogP contribution in [-0.4, -0.2) is 28.3 Å². The minimum atomic E-state index is -0.306. The summed E-state index contributed by atoms with van der Waals surface area (Å²) in [6.07, 6.45) is 4.83. The van der Waals surface area contributed by atoms with E-state index < -0.39 is 0 Å². The molecule has 14 heavy (non-hydrogen) atoms. The SMILES string of the molecule is CC1CCC(C(=O)Nc2cn[nH]c2)O1. The highest BCUT2D eigenvalue weighted by molar-refractivity contribution is 5.94. The summed E-state index contributed by atoms with van der Waals surface area (Å²) in [5.74, 6) is -0.0873. The summed E-state index contributed by atoms with van der Waals surface area (Å²) in [7, 11) is 0. The van der Waals surface area contributed by atoms with Crippen LogP contribution in [0, 0.1) is 0 Å². The Labute approximate surface area is 81.8 Å². The molecule has 1 amide bonds. The number of anilines is 1. The van der Waals surface area contributed by atoms with Gasteiger partial charge in [0.25, 0.3) is 5.91 Å². The van der Waals surface area contributed by atoms with Crippen LogP contribution in [0.25, 0.3) is 0 Å². The second-order valence-corrected chi connectivity index (χ2v) is 3.49. The molecule has 2 unspecified atom stereocenters. The predicted molar refractivity (Wildman–Crippen MR) is 50.8 cm³/mol. The minimum Gasteiger partial charge on any atom is -0.365 e. The number of carbonyl (C=O) groups is 1. The van der Waals surface area contributed by atoms with Crippen molar-refractivity contribution in [3.05, 3.63) is 12.4 Å². The van der Waals surface area contributed by atoms with Crippen LogP contribution < -0.4 is 5.32 Å². The fourth-order valence-electron chi connectivity index (χ4n) is 1.54. The van der Waals surface area contributed by atoms with Crippen LogP contribution in [0.15, 0.2) is 12.4 Å². The smallest absolute Gasteiger partial charge is 0.253 e. The number of carbonyl (C=O) groups excluding carboxylic acids is 1. The largest absolute Gasteiger partial charge is 0.365 e. The van der Waals surface area contributed by atoms with E-state index in [0.29, 0.717) is 5.69 Å². The van der Waals surface area contributed by atoms with Crippen molar-refractivity contribution in [2.24, 2.45) is 0 Å². The molecule has 2 N–H and O–H groups in total. The highest BCUT2D eigenvalue weighted by Crippen LogP contribution is 2.20. The molecule has 1 aliphatic heterocycles. The minimum absolute atomic E-state index is 0.0873. The molecular weight excluding hydrogens is 182 g/mol. The molecule has 0 saturated carbocycles. The molecule has 1 aromatic heterocycles. The molecular formula is C9H13N3O2. The van der Waals surface area contributed by atoms with Crippen LogP contribution in [0.5, 0.6) is 0 Å². The second-order valence-electron chi connectivity index (χ2n) is 3.49. The third-order valence-corrected chi connectivity index (χ3v) is 2.29. The topological polar surface area (TPSA) is 67.0 Å². The third kappa shape index (κ3) is 1.93. The van der Waals surface area contributed by atoms with Gasteiger partial charge in [0.2, 0.25) is 0 Å². The Balaban J connectivity index is 1.90. The maximum atomic E-state index is 11.6. The summed E-state index contributed by atoms with van der Waals surface area (Å²) in [6, 6.07) is 0. The first-order chi connectivity index (χ1) is 6.75. The van der Waals surface area contributed by atoms with E-state index in [4.69, 9.17) is 4.74 Å². The van der Waals surface area contributed by atoms with Gasteiger partial charge in [0, 0.05) is 6.20 Å². The van der Waals surface area contributed by atoms with E-state index in [2.05, 4.69) is 15.5 Å². The van der Waals surface area contributed by atoms with Crippen molar-refractivity contribution in [3.8, 4) is 0 Å². The van der Waals surface area contributed by atoms with Gasteiger partial charge < -0.3 is 10.1 Å². The normalized spacial score (nSPS) is 26.4. The van der Waals surface area contributed by atoms with Gasteiger partial charge in [-0.1, -0.05) is 0 Å². The lowest BCUT2D eigenvalue weighted by Gasteiger charge is -2.09. The first-order valence-electron chi connectivity index (χ1n) is 4.71. The zero-order valence-electron chi connectivity index (χ0n) is 7.99. The first kappa shape index (κ1) is 9.21. The number of nitrogens with zero attached hydrogens (tertiary/aromatic N) is 1. The van der Waals surface area contributed by atoms with E-state index in [1.807, 2.05) is 6.92 Å². The Morgan fingerprint density at radius 2 is 2.57 bits per heavy atom. The molecule has 5 heteroatoms. The Hall–Kier alpha value is -1.36. The lowest BCUT2D eigenvalue weighted by molar-refractivity contribution is -0.126. The summed E-state index contributed by atoms with van der Waals surface area (Å²) >= 11 is 0. The molecule has 0 aromatic carbocycles. The fraction of sp³-hybridized carbons (Fsp3) is 0.556. The van der Waals surface area contributed by atoms with Gasteiger partial charge in [-0.2, -0.15) is 5.10 Å². The maximum Gasteiger partial charge on any atom is 0.253 e. The quantitative estimate of drug-likeness (QED) is 0.737. The lowest BCUT2D eigenvalue weighted by atomic mass is 10.2. The number of rotatable bonds is 2. The molecule has 5 nitrogen and oxygen atoms in total. The van der Waals surface area contributed by atoms with Gasteiger partial charge in [0.1, 0.15) is 6.10 Å². The van der Waals surface area contributed by atoms with Crippen molar-refractivity contribution in [3.63, 3.8) is 0 Å². The van der Waals surface area contributed by atoms with Gasteiger partial charge in [-0.15, -0.1) is 0 Å². The zero-order chi connectivity index (χ0) is 9.97. The van der Waals surface area contributed by atoms with E-state index in [-0.39, 0.29) is 18.1 Å². The van der Waals surface area contributed by atoms with Crippen LogP contribution >= 0.6 is 0 Å². The van der Waals surface area contributed by atoms with Crippen LogP contribution in [0.3, 0.4) is 0 Å². The lowest BCUT2D eigenvalue weighted by Crippen LogP contribution is -2.27. The first-order valence-corrected chi connectivity index (χ1v) is 4.71. The second kappa shape index (κ2) is 3.79. The van der Waals surface area contributed by atoms with E-state index in [1.54, 1.807) is 12.4 Å². The molecule has 76 valence electrons. The van der Waals surface area contributed by atoms with Gasteiger partial charge in [0.05, 0.1) is 18.0 Å². The standard InChI is InChI=1S/C9H13N3O2/c1-6-2-3-8(14-6)9(13)12-7-4-10-11-5-7/h4-6,8H,2-3H2,1H3,(H,10,11)(H,12,13). The average molecular weight is 195 g/mol. The van der Waals surface area contributed by atoms with E-state index >= 15 is 0 Å². The molecule has 2 atom stereocenters. The van der Waals surface area contributed by atoms with Crippen molar-refractivity contribution in [1.29, 1.82) is 0 Å². The summed E-state index contributed by atoms with van der Waals surface area (Å²) in [6.45, 7) is 1.98. The average Bonchev–Trinajstić information content (AvgIpc) is 2.75. The van der Waals surface area contributed by atoms with Crippen molar-refractivity contribution in [1.82, 2.24) is 10.2 Å². The Morgan fingerprint density at radius 3 is 3.14 bits per heavy atom. The van der Waals surface area contributed by atoms with Gasteiger partial charge in [-0.05, 0) is 19.8 Å². The van der Waals surface area contributed by atoms with Crippen LogP contribution in [0.1, 0.15) is 19.8 Å². The number of nitrogens with one attached hydrogen (secondary N) is 2. The van der Waals surface area contributed by atoms with Crippen molar-refractivity contribution >= 4 is 11.6 Å². The monoisotopic (exact) mass is 195 g/mol. The van der Waals surface area contributed by atoms with E-state index in [1.165, 1.54) is 0 Å². The molecule has 0 bridgehead atoms. The summed E-state index contributed by atoms with van der Waals surface area (Å²) in [5, 5.41) is 9.09. The molecule has 2 heterocycles. The molecule has 1 fully saturated rings. The molecule has 0 spiro atoms. The Bertz CT molecular complexity index is 310. The van der Waals surface area contributed by atoms with E-state index in [9.17, 15) is 4.79 Å². The zero-order valence-corrected chi connectivity index (χ0v) is 7.99. The number of hydrogen-bond donors (Lipinski definition) is 2. The molecule has 1 aromatic rings. The highest BCUT2D eigenvalue weighted by Gasteiger charge is 2.28. The molecule has 0 radical (unpaired) electrons. The fourth-order valence-corrected chi connectivity index (χ4v) is 1.54. The summed E-state index contributed by atoms with van der Waals surface area (Å²) in [4.78, 5) is 11.6. The van der Waals surface area contributed by atoms with Gasteiger partial charge in [-0.3, -0.25) is 9.89 Å². The molecule has 0 aliphatic carbocycles. The Morgan fingerprint density at radius 1 is 1.71 bits per heavy atom. The molecule has 1 saturated heterocycles. The van der Waals surface area contributed by atoms with Gasteiger partial charge in [0.15, 0.2) is 0 Å². The summed E-state index contributed by atoms with van der Waals surface area (Å²) < 4.78 is 5.43. The number of aromatic nitrogens is 2. The number of ether oxygens (including phenoxy) is 1. The molecule has 1 aliphatic rings. The molecule has 2 rings (SSSR count). The number of H-pyrrole nitrogens is 1. The van der Waals surface area contributed by atoms with Crippen LogP contribution in [0.4, 0.5) is 5.69 Å². The van der Waals surface area contributed by atoms with Crippen molar-refractivity contribution < 1.29 is 9.53 Å². The van der Waals surface area contributed by atoms with Crippen LogP contribution in [0.2, 0.25) is 0 Å².